The zero-order valence-electron chi connectivity index (χ0n) is 16.0. The van der Waals surface area contributed by atoms with Crippen molar-refractivity contribution in [2.24, 2.45) is 0 Å². The third-order valence-electron chi connectivity index (χ3n) is 4.74. The summed E-state index contributed by atoms with van der Waals surface area (Å²) < 4.78 is 40.6. The molecule has 156 valence electrons. The van der Waals surface area contributed by atoms with Gasteiger partial charge in [-0.15, -0.1) is 13.2 Å². The van der Waals surface area contributed by atoms with Gasteiger partial charge in [0, 0.05) is 18.7 Å². The molecule has 1 atom stereocenters. The monoisotopic (exact) mass is 417 g/mol. The van der Waals surface area contributed by atoms with Gasteiger partial charge in [-0.25, -0.2) is 0 Å². The molecule has 1 heterocycles. The molecule has 0 fully saturated rings. The number of carbonyl (C=O) groups excluding carboxylic acids is 2. The quantitative estimate of drug-likeness (QED) is 0.778. The molecule has 0 saturated carbocycles. The van der Waals surface area contributed by atoms with E-state index in [0.717, 1.165) is 17.7 Å². The summed E-state index contributed by atoms with van der Waals surface area (Å²) in [7, 11) is 0. The van der Waals surface area contributed by atoms with Crippen LogP contribution in [-0.2, 0) is 11.3 Å². The fourth-order valence-corrected chi connectivity index (χ4v) is 3.43. The van der Waals surface area contributed by atoms with Crippen LogP contribution in [0.4, 0.5) is 13.2 Å². The van der Waals surface area contributed by atoms with Crippen LogP contribution >= 0.6 is 0 Å². The normalized spacial score (nSPS) is 15.5. The topological polar surface area (TPSA) is 82.4 Å². The first kappa shape index (κ1) is 21.2. The van der Waals surface area contributed by atoms with Crippen molar-refractivity contribution in [1.82, 2.24) is 10.2 Å². The average molecular weight is 417 g/mol. The zero-order chi connectivity index (χ0) is 21.9. The Balaban J connectivity index is 1.75. The van der Waals surface area contributed by atoms with Crippen LogP contribution in [-0.4, -0.2) is 29.6 Å². The molecule has 0 spiro atoms. The Morgan fingerprint density at radius 1 is 1.23 bits per heavy atom. The molecule has 0 saturated heterocycles. The largest absolute Gasteiger partial charge is 0.573 e. The second kappa shape index (κ2) is 8.45. The number of benzene rings is 2. The summed E-state index contributed by atoms with van der Waals surface area (Å²) in [6.07, 6.45) is -4.69. The van der Waals surface area contributed by atoms with E-state index in [1.807, 2.05) is 6.07 Å². The molecule has 1 N–H and O–H groups in total. The van der Waals surface area contributed by atoms with E-state index in [9.17, 15) is 22.8 Å². The second-order valence-electron chi connectivity index (χ2n) is 6.75. The van der Waals surface area contributed by atoms with E-state index >= 15 is 0 Å². The number of halogens is 3. The predicted octanol–water partition coefficient (Wildman–Crippen LogP) is 3.62. The number of amides is 2. The van der Waals surface area contributed by atoms with Crippen LogP contribution < -0.4 is 10.1 Å². The van der Waals surface area contributed by atoms with Gasteiger partial charge in [0.25, 0.3) is 5.91 Å². The number of fused-ring (bicyclic) bond motifs is 1. The van der Waals surface area contributed by atoms with Gasteiger partial charge in [-0.3, -0.25) is 9.59 Å². The van der Waals surface area contributed by atoms with Crippen LogP contribution in [0.25, 0.3) is 0 Å². The summed E-state index contributed by atoms with van der Waals surface area (Å²) >= 11 is 0. The minimum atomic E-state index is -4.77. The molecule has 0 bridgehead atoms. The zero-order valence-corrected chi connectivity index (χ0v) is 16.0. The van der Waals surface area contributed by atoms with Crippen LogP contribution in [0.15, 0.2) is 42.5 Å². The van der Waals surface area contributed by atoms with Gasteiger partial charge < -0.3 is 15.0 Å². The van der Waals surface area contributed by atoms with Crippen molar-refractivity contribution in [3.63, 3.8) is 0 Å². The van der Waals surface area contributed by atoms with Crippen molar-refractivity contribution < 1.29 is 27.5 Å². The SMILES string of the molecule is Cc1cccc2c1C(C(=O)NCc1ccc(OC(F)(F)F)cc1)N(CCC#N)C2=O. The lowest BCUT2D eigenvalue weighted by Crippen LogP contribution is -2.39. The molecule has 1 aliphatic heterocycles. The van der Waals surface area contributed by atoms with E-state index in [2.05, 4.69) is 10.1 Å². The summed E-state index contributed by atoms with van der Waals surface area (Å²) in [5.41, 5.74) is 2.39. The average Bonchev–Trinajstić information content (AvgIpc) is 2.98. The maximum atomic E-state index is 12.9. The van der Waals surface area contributed by atoms with Crippen molar-refractivity contribution in [1.29, 1.82) is 5.26 Å². The van der Waals surface area contributed by atoms with E-state index in [-0.39, 0.29) is 31.2 Å². The minimum absolute atomic E-state index is 0.0587. The van der Waals surface area contributed by atoms with Crippen LogP contribution in [0.2, 0.25) is 0 Å². The number of nitrogens with zero attached hydrogens (tertiary/aromatic N) is 2. The fraction of sp³-hybridized carbons (Fsp3) is 0.286. The van der Waals surface area contributed by atoms with E-state index in [4.69, 9.17) is 5.26 Å². The number of hydrogen-bond acceptors (Lipinski definition) is 4. The van der Waals surface area contributed by atoms with Crippen molar-refractivity contribution in [3.05, 3.63) is 64.7 Å². The standard InChI is InChI=1S/C21H18F3N3O3/c1-13-4-2-5-16-17(13)18(27(20(16)29)11-3-10-25)19(28)26-12-14-6-8-15(9-7-14)30-21(22,23)24/h2,4-9,18H,3,11-12H2,1H3,(H,26,28). The highest BCUT2D eigenvalue weighted by Crippen LogP contribution is 2.36. The molecule has 30 heavy (non-hydrogen) atoms. The Kier molecular flexibility index (Phi) is 5.96. The first-order chi connectivity index (χ1) is 14.2. The molecule has 0 aliphatic carbocycles. The molecular formula is C21H18F3N3O3. The van der Waals surface area contributed by atoms with Gasteiger partial charge in [0.2, 0.25) is 5.91 Å². The lowest BCUT2D eigenvalue weighted by molar-refractivity contribution is -0.274. The van der Waals surface area contributed by atoms with Crippen LogP contribution in [0.5, 0.6) is 5.75 Å². The van der Waals surface area contributed by atoms with Crippen LogP contribution in [0.1, 0.15) is 39.5 Å². The van der Waals surface area contributed by atoms with Gasteiger partial charge in [0.1, 0.15) is 11.8 Å². The third-order valence-corrected chi connectivity index (χ3v) is 4.74. The van der Waals surface area contributed by atoms with Gasteiger partial charge >= 0.3 is 6.36 Å². The van der Waals surface area contributed by atoms with Gasteiger partial charge in [0.05, 0.1) is 12.5 Å². The highest BCUT2D eigenvalue weighted by atomic mass is 19.4. The maximum absolute atomic E-state index is 12.9. The van der Waals surface area contributed by atoms with E-state index < -0.39 is 18.3 Å². The Morgan fingerprint density at radius 2 is 1.93 bits per heavy atom. The Morgan fingerprint density at radius 3 is 2.57 bits per heavy atom. The van der Waals surface area contributed by atoms with Gasteiger partial charge in [-0.05, 0) is 41.8 Å². The predicted molar refractivity (Wildman–Crippen MR) is 100 cm³/mol. The molecule has 1 unspecified atom stereocenters. The molecule has 2 aromatic rings. The number of nitriles is 1. The first-order valence-electron chi connectivity index (χ1n) is 9.11. The molecule has 6 nitrogen and oxygen atoms in total. The summed E-state index contributed by atoms with van der Waals surface area (Å²) in [5, 5.41) is 11.6. The van der Waals surface area contributed by atoms with E-state index in [0.29, 0.717) is 16.7 Å². The van der Waals surface area contributed by atoms with E-state index in [1.165, 1.54) is 17.0 Å². The van der Waals surface area contributed by atoms with Crippen molar-refractivity contribution in [2.45, 2.75) is 32.3 Å². The number of ether oxygens (including phenoxy) is 1. The van der Waals surface area contributed by atoms with Crippen molar-refractivity contribution >= 4 is 11.8 Å². The minimum Gasteiger partial charge on any atom is -0.406 e. The Labute approximate surface area is 170 Å². The number of carbonyl (C=O) groups is 2. The van der Waals surface area contributed by atoms with Gasteiger partial charge in [-0.1, -0.05) is 24.3 Å². The number of rotatable bonds is 6. The molecule has 1 aliphatic rings. The number of hydrogen-bond donors (Lipinski definition) is 1. The lowest BCUT2D eigenvalue weighted by atomic mass is 9.98. The molecule has 3 rings (SSSR count). The van der Waals surface area contributed by atoms with Crippen LogP contribution in [0.3, 0.4) is 0 Å². The van der Waals surface area contributed by atoms with Crippen molar-refractivity contribution in [2.75, 3.05) is 6.54 Å². The Bertz CT molecular complexity index is 997. The summed E-state index contributed by atoms with van der Waals surface area (Å²) in [6, 6.07) is 11.4. The first-order valence-corrected chi connectivity index (χ1v) is 9.11. The van der Waals surface area contributed by atoms with Gasteiger partial charge in [0.15, 0.2) is 0 Å². The maximum Gasteiger partial charge on any atom is 0.573 e. The van der Waals surface area contributed by atoms with E-state index in [1.54, 1.807) is 25.1 Å². The highest BCUT2D eigenvalue weighted by molar-refractivity contribution is 6.05. The smallest absolute Gasteiger partial charge is 0.406 e. The highest BCUT2D eigenvalue weighted by Gasteiger charge is 2.41. The van der Waals surface area contributed by atoms with Crippen LogP contribution in [0, 0.1) is 18.3 Å². The second-order valence-corrected chi connectivity index (χ2v) is 6.75. The lowest BCUT2D eigenvalue weighted by Gasteiger charge is -2.24. The molecule has 0 aromatic heterocycles. The molecular weight excluding hydrogens is 399 g/mol. The molecule has 2 aromatic carbocycles. The number of nitrogens with one attached hydrogen (secondary N) is 1. The number of aryl methyl sites for hydroxylation is 1. The third kappa shape index (κ3) is 4.54. The van der Waals surface area contributed by atoms with Crippen molar-refractivity contribution in [3.8, 4) is 11.8 Å². The molecule has 9 heteroatoms. The molecule has 2 amide bonds. The molecule has 0 radical (unpaired) electrons. The fourth-order valence-electron chi connectivity index (χ4n) is 3.43. The van der Waals surface area contributed by atoms with Gasteiger partial charge in [-0.2, -0.15) is 5.26 Å². The number of alkyl halides is 3. The Hall–Kier alpha value is -3.54. The summed E-state index contributed by atoms with van der Waals surface area (Å²) in [5.74, 6) is -1.09. The summed E-state index contributed by atoms with van der Waals surface area (Å²) in [6.45, 7) is 1.98. The summed E-state index contributed by atoms with van der Waals surface area (Å²) in [4.78, 5) is 27.0.